The van der Waals surface area contributed by atoms with Crippen LogP contribution in [0.15, 0.2) is 30.5 Å². The van der Waals surface area contributed by atoms with Gasteiger partial charge in [0.05, 0.1) is 6.61 Å². The normalized spacial score (nSPS) is 26.0. The van der Waals surface area contributed by atoms with Gasteiger partial charge in [-0.2, -0.15) is 0 Å². The zero-order valence-corrected chi connectivity index (χ0v) is 11.6. The monoisotopic (exact) mass is 272 g/mol. The third-order valence-corrected chi connectivity index (χ3v) is 4.57. The molecule has 0 saturated heterocycles. The fourth-order valence-corrected chi connectivity index (χ4v) is 3.10. The maximum Gasteiger partial charge on any atom is 0.251 e. The van der Waals surface area contributed by atoms with Crippen LogP contribution in [0.3, 0.4) is 0 Å². The molecule has 2 aromatic rings. The Balaban J connectivity index is 1.78. The molecular formula is C16H20N2O2. The van der Waals surface area contributed by atoms with Gasteiger partial charge in [-0.05, 0) is 36.4 Å². The molecule has 0 spiro atoms. The highest BCUT2D eigenvalue weighted by Gasteiger charge is 2.39. The van der Waals surface area contributed by atoms with Gasteiger partial charge in [0.25, 0.3) is 5.91 Å². The van der Waals surface area contributed by atoms with E-state index in [0.717, 1.165) is 30.2 Å². The Morgan fingerprint density at radius 2 is 2.35 bits per heavy atom. The van der Waals surface area contributed by atoms with Gasteiger partial charge in [0, 0.05) is 28.7 Å². The number of aromatic nitrogens is 1. The Morgan fingerprint density at radius 1 is 1.50 bits per heavy atom. The standard InChI is InChI=1S/C16H20N2O2/c1-16(10-19)7-2-3-14(16)18-15(20)12-5-4-11-6-8-17-13(11)9-12/h4-6,8-9,14,17,19H,2-3,7,10H2,1H3,(H,18,20). The van der Waals surface area contributed by atoms with E-state index in [1.54, 1.807) is 0 Å². The number of carbonyl (C=O) groups is 1. The summed E-state index contributed by atoms with van der Waals surface area (Å²) < 4.78 is 0. The van der Waals surface area contributed by atoms with Gasteiger partial charge in [-0.1, -0.05) is 19.4 Å². The van der Waals surface area contributed by atoms with Crippen LogP contribution in [0.1, 0.15) is 36.5 Å². The number of carbonyl (C=O) groups excluding carboxylic acids is 1. The number of aliphatic hydroxyl groups is 1. The Morgan fingerprint density at radius 3 is 3.15 bits per heavy atom. The van der Waals surface area contributed by atoms with Gasteiger partial charge in [0.15, 0.2) is 0 Å². The average Bonchev–Trinajstić information content (AvgIpc) is 3.05. The number of aliphatic hydroxyl groups excluding tert-OH is 1. The highest BCUT2D eigenvalue weighted by molar-refractivity contribution is 5.98. The SMILES string of the molecule is CC1(CO)CCCC1NC(=O)c1ccc2cc[nH]c2c1. The van der Waals surface area contributed by atoms with Crippen LogP contribution in [0, 0.1) is 5.41 Å². The molecule has 20 heavy (non-hydrogen) atoms. The van der Waals surface area contributed by atoms with Crippen LogP contribution in [0.2, 0.25) is 0 Å². The van der Waals surface area contributed by atoms with E-state index in [0.29, 0.717) is 5.56 Å². The van der Waals surface area contributed by atoms with Crippen molar-refractivity contribution in [3.05, 3.63) is 36.0 Å². The summed E-state index contributed by atoms with van der Waals surface area (Å²) in [6.07, 6.45) is 4.82. The quantitative estimate of drug-likeness (QED) is 0.803. The van der Waals surface area contributed by atoms with Crippen LogP contribution in [-0.2, 0) is 0 Å². The molecule has 0 bridgehead atoms. The molecule has 1 aliphatic carbocycles. The van der Waals surface area contributed by atoms with E-state index in [1.807, 2.05) is 37.4 Å². The van der Waals surface area contributed by atoms with Gasteiger partial charge in [0.1, 0.15) is 0 Å². The van der Waals surface area contributed by atoms with Gasteiger partial charge in [-0.3, -0.25) is 4.79 Å². The molecule has 1 aromatic carbocycles. The molecule has 106 valence electrons. The first-order chi connectivity index (χ1) is 9.62. The maximum absolute atomic E-state index is 12.4. The van der Waals surface area contributed by atoms with Gasteiger partial charge in [-0.15, -0.1) is 0 Å². The molecule has 1 aromatic heterocycles. The number of hydrogen-bond donors (Lipinski definition) is 3. The van der Waals surface area contributed by atoms with Gasteiger partial charge in [-0.25, -0.2) is 0 Å². The molecule has 1 aliphatic rings. The number of rotatable bonds is 3. The summed E-state index contributed by atoms with van der Waals surface area (Å²) in [6, 6.07) is 7.70. The second-order valence-electron chi connectivity index (χ2n) is 6.01. The summed E-state index contributed by atoms with van der Waals surface area (Å²) in [4.78, 5) is 15.5. The summed E-state index contributed by atoms with van der Waals surface area (Å²) >= 11 is 0. The van der Waals surface area contributed by atoms with E-state index in [4.69, 9.17) is 0 Å². The average molecular weight is 272 g/mol. The number of aromatic amines is 1. The second kappa shape index (κ2) is 4.94. The molecule has 4 nitrogen and oxygen atoms in total. The predicted molar refractivity (Wildman–Crippen MR) is 78.6 cm³/mol. The minimum atomic E-state index is -0.188. The summed E-state index contributed by atoms with van der Waals surface area (Å²) in [5.41, 5.74) is 1.44. The predicted octanol–water partition coefficient (Wildman–Crippen LogP) is 2.45. The highest BCUT2D eigenvalue weighted by atomic mass is 16.3. The van der Waals surface area contributed by atoms with Crippen molar-refractivity contribution in [3.63, 3.8) is 0 Å². The molecule has 1 saturated carbocycles. The Hall–Kier alpha value is -1.81. The maximum atomic E-state index is 12.4. The number of hydrogen-bond acceptors (Lipinski definition) is 2. The minimum absolute atomic E-state index is 0.0549. The first kappa shape index (κ1) is 13.2. The topological polar surface area (TPSA) is 65.1 Å². The Kier molecular flexibility index (Phi) is 3.26. The molecular weight excluding hydrogens is 252 g/mol. The fourth-order valence-electron chi connectivity index (χ4n) is 3.10. The molecule has 0 aliphatic heterocycles. The smallest absolute Gasteiger partial charge is 0.251 e. The van der Waals surface area contributed by atoms with Crippen molar-refractivity contribution in [3.8, 4) is 0 Å². The first-order valence-corrected chi connectivity index (χ1v) is 7.11. The van der Waals surface area contributed by atoms with Crippen molar-refractivity contribution in [2.45, 2.75) is 32.2 Å². The molecule has 2 atom stereocenters. The molecule has 0 radical (unpaired) electrons. The summed E-state index contributed by atoms with van der Waals surface area (Å²) in [5.74, 6) is -0.0620. The lowest BCUT2D eigenvalue weighted by Crippen LogP contribution is -2.44. The van der Waals surface area contributed by atoms with Crippen molar-refractivity contribution in [1.29, 1.82) is 0 Å². The lowest BCUT2D eigenvalue weighted by atomic mass is 9.85. The number of nitrogens with one attached hydrogen (secondary N) is 2. The number of H-pyrrole nitrogens is 1. The summed E-state index contributed by atoms with van der Waals surface area (Å²) in [7, 11) is 0. The van der Waals surface area contributed by atoms with Crippen molar-refractivity contribution in [2.75, 3.05) is 6.61 Å². The van der Waals surface area contributed by atoms with Crippen LogP contribution < -0.4 is 5.32 Å². The van der Waals surface area contributed by atoms with E-state index in [1.165, 1.54) is 0 Å². The van der Waals surface area contributed by atoms with Crippen molar-refractivity contribution < 1.29 is 9.90 Å². The third-order valence-electron chi connectivity index (χ3n) is 4.57. The molecule has 1 amide bonds. The Labute approximate surface area is 118 Å². The van der Waals surface area contributed by atoms with Crippen molar-refractivity contribution in [1.82, 2.24) is 10.3 Å². The third kappa shape index (κ3) is 2.20. The van der Waals surface area contributed by atoms with E-state index in [9.17, 15) is 9.90 Å². The van der Waals surface area contributed by atoms with E-state index >= 15 is 0 Å². The molecule has 3 N–H and O–H groups in total. The molecule has 3 rings (SSSR count). The minimum Gasteiger partial charge on any atom is -0.396 e. The van der Waals surface area contributed by atoms with E-state index < -0.39 is 0 Å². The van der Waals surface area contributed by atoms with E-state index in [-0.39, 0.29) is 24.0 Å². The van der Waals surface area contributed by atoms with Crippen LogP contribution in [-0.4, -0.2) is 28.6 Å². The van der Waals surface area contributed by atoms with Crippen molar-refractivity contribution >= 4 is 16.8 Å². The van der Waals surface area contributed by atoms with Crippen molar-refractivity contribution in [2.24, 2.45) is 5.41 Å². The zero-order valence-electron chi connectivity index (χ0n) is 11.6. The molecule has 1 heterocycles. The summed E-state index contributed by atoms with van der Waals surface area (Å²) in [5, 5.41) is 13.7. The molecule has 1 fully saturated rings. The molecule has 4 heteroatoms. The van der Waals surface area contributed by atoms with Crippen LogP contribution >= 0.6 is 0 Å². The second-order valence-corrected chi connectivity index (χ2v) is 6.01. The van der Waals surface area contributed by atoms with Gasteiger partial charge in [0.2, 0.25) is 0 Å². The van der Waals surface area contributed by atoms with Crippen LogP contribution in [0.25, 0.3) is 10.9 Å². The van der Waals surface area contributed by atoms with Gasteiger partial charge < -0.3 is 15.4 Å². The van der Waals surface area contributed by atoms with E-state index in [2.05, 4.69) is 10.3 Å². The highest BCUT2D eigenvalue weighted by Crippen LogP contribution is 2.37. The fraction of sp³-hybridized carbons (Fsp3) is 0.438. The molecule has 2 unspecified atom stereocenters. The first-order valence-electron chi connectivity index (χ1n) is 7.11. The van der Waals surface area contributed by atoms with Gasteiger partial charge >= 0.3 is 0 Å². The largest absolute Gasteiger partial charge is 0.396 e. The lowest BCUT2D eigenvalue weighted by Gasteiger charge is -2.30. The number of benzene rings is 1. The number of fused-ring (bicyclic) bond motifs is 1. The summed E-state index contributed by atoms with van der Waals surface area (Å²) in [6.45, 7) is 2.16. The lowest BCUT2D eigenvalue weighted by molar-refractivity contribution is 0.0830. The van der Waals surface area contributed by atoms with Crippen LogP contribution in [0.4, 0.5) is 0 Å². The zero-order chi connectivity index (χ0) is 14.2. The van der Waals surface area contributed by atoms with Crippen LogP contribution in [0.5, 0.6) is 0 Å². The number of amides is 1. The Bertz CT molecular complexity index is 634.